The van der Waals surface area contributed by atoms with Crippen molar-refractivity contribution in [1.29, 1.82) is 0 Å². The number of hydrogen-bond acceptors (Lipinski definition) is 0. The van der Waals surface area contributed by atoms with Crippen molar-refractivity contribution in [3.05, 3.63) is 188 Å². The molecule has 0 fully saturated rings. The molecule has 11 aromatic rings. The van der Waals surface area contributed by atoms with Crippen LogP contribution in [0.1, 0.15) is 0 Å². The average Bonchev–Trinajstić information content (AvgIpc) is 3.83. The fourth-order valence-corrected chi connectivity index (χ4v) is 8.48. The van der Waals surface area contributed by atoms with Crippen LogP contribution in [-0.2, 0) is 0 Å². The summed E-state index contributed by atoms with van der Waals surface area (Å²) in [7, 11) is 0. The zero-order valence-corrected chi connectivity index (χ0v) is 28.3. The molecule has 0 saturated carbocycles. The first-order valence-electron chi connectivity index (χ1n) is 17.7. The molecule has 250 valence electrons. The summed E-state index contributed by atoms with van der Waals surface area (Å²) < 4.78 is 35.4. The molecule has 0 saturated heterocycles. The normalized spacial score (nSPS) is 12.0. The monoisotopic (exact) mass is 685 g/mol. The second-order valence-corrected chi connectivity index (χ2v) is 13.7. The number of halogens is 2. The van der Waals surface area contributed by atoms with Crippen molar-refractivity contribution in [3.8, 4) is 28.2 Å². The Balaban J connectivity index is 1.05. The topological polar surface area (TPSA) is 14.8 Å². The Bertz CT molecular complexity index is 3180. The number of fused-ring (bicyclic) bond motifs is 9. The number of aromatic nitrogens is 3. The van der Waals surface area contributed by atoms with Gasteiger partial charge in [0, 0.05) is 49.8 Å². The van der Waals surface area contributed by atoms with Crippen molar-refractivity contribution >= 4 is 65.4 Å². The number of rotatable bonds is 4. The van der Waals surface area contributed by atoms with Gasteiger partial charge in [-0.3, -0.25) is 0 Å². The molecule has 0 atom stereocenters. The maximum absolute atomic E-state index is 14.4. The largest absolute Gasteiger partial charge is 0.309 e. The van der Waals surface area contributed by atoms with Gasteiger partial charge >= 0.3 is 0 Å². The van der Waals surface area contributed by atoms with Crippen LogP contribution in [0, 0.1) is 11.6 Å². The molecule has 8 aromatic carbocycles. The lowest BCUT2D eigenvalue weighted by Gasteiger charge is -2.12. The highest BCUT2D eigenvalue weighted by atomic mass is 19.1. The van der Waals surface area contributed by atoms with Crippen LogP contribution >= 0.6 is 0 Å². The van der Waals surface area contributed by atoms with Crippen molar-refractivity contribution < 1.29 is 8.78 Å². The molecule has 0 N–H and O–H groups in total. The minimum atomic E-state index is -0.603. The van der Waals surface area contributed by atoms with E-state index in [4.69, 9.17) is 0 Å². The summed E-state index contributed by atoms with van der Waals surface area (Å²) >= 11 is 0. The molecular formula is C48H29F2N3. The van der Waals surface area contributed by atoms with Crippen LogP contribution in [0.5, 0.6) is 0 Å². The predicted octanol–water partition coefficient (Wildman–Crippen LogP) is 12.9. The lowest BCUT2D eigenvalue weighted by atomic mass is 10.0. The molecule has 0 spiro atoms. The highest BCUT2D eigenvalue weighted by molar-refractivity contribution is 6.13. The molecule has 0 amide bonds. The fraction of sp³-hybridized carbons (Fsp3) is 0. The van der Waals surface area contributed by atoms with Gasteiger partial charge in [0.25, 0.3) is 0 Å². The predicted molar refractivity (Wildman–Crippen MR) is 215 cm³/mol. The molecule has 3 nitrogen and oxygen atoms in total. The van der Waals surface area contributed by atoms with Crippen LogP contribution in [0.3, 0.4) is 0 Å². The van der Waals surface area contributed by atoms with E-state index in [0.717, 1.165) is 61.4 Å². The molecule has 0 radical (unpaired) electrons. The highest BCUT2D eigenvalue weighted by Gasteiger charge is 2.17. The first kappa shape index (κ1) is 29.7. The average molecular weight is 686 g/mol. The summed E-state index contributed by atoms with van der Waals surface area (Å²) in [6.45, 7) is 0. The molecular weight excluding hydrogens is 657 g/mol. The van der Waals surface area contributed by atoms with Crippen LogP contribution in [0.2, 0.25) is 0 Å². The second-order valence-electron chi connectivity index (χ2n) is 13.7. The Morgan fingerprint density at radius 3 is 0.981 bits per heavy atom. The molecule has 0 aliphatic carbocycles. The summed E-state index contributed by atoms with van der Waals surface area (Å²) in [5.41, 5.74) is 11.3. The molecule has 3 aromatic heterocycles. The van der Waals surface area contributed by atoms with Gasteiger partial charge in [0.15, 0.2) is 0 Å². The number of nitrogens with zero attached hydrogens (tertiary/aromatic N) is 3. The molecule has 5 heteroatoms. The van der Waals surface area contributed by atoms with Gasteiger partial charge in [0.2, 0.25) is 0 Å². The SMILES string of the molecule is Fc1cc(F)cc(-n2c3ccccc3c3cc(-c4ccc5c(c4)c4ccccc4n5-c4ccc(-n5c6ccccc6c6ccccc65)cc4)ccc32)c1. The molecule has 53 heavy (non-hydrogen) atoms. The first-order valence-corrected chi connectivity index (χ1v) is 17.7. The Hall–Kier alpha value is -6.98. The van der Waals surface area contributed by atoms with Gasteiger partial charge in [-0.25, -0.2) is 8.78 Å². The Morgan fingerprint density at radius 1 is 0.264 bits per heavy atom. The first-order chi connectivity index (χ1) is 26.1. The highest BCUT2D eigenvalue weighted by Crippen LogP contribution is 2.39. The van der Waals surface area contributed by atoms with Gasteiger partial charge in [-0.05, 0) is 96.1 Å². The minimum absolute atomic E-state index is 0.457. The molecule has 3 heterocycles. The van der Waals surface area contributed by atoms with E-state index in [0.29, 0.717) is 5.69 Å². The number of para-hydroxylation sites is 4. The summed E-state index contributed by atoms with van der Waals surface area (Å²) in [4.78, 5) is 0. The van der Waals surface area contributed by atoms with Crippen molar-refractivity contribution in [1.82, 2.24) is 13.7 Å². The Kier molecular flexibility index (Phi) is 6.31. The van der Waals surface area contributed by atoms with Gasteiger partial charge < -0.3 is 13.7 Å². The standard InChI is InChI=1S/C48H29F2N3/c49-32-27-33(50)29-36(28-32)53-46-16-8-4-12-40(46)42-26-31(18-24-48(42)53)30-17-23-47-41(25-30)39-11-3-7-15-45(39)52(47)35-21-19-34(20-22-35)51-43-13-5-1-9-37(43)38-10-2-6-14-44(38)51/h1-29H. The molecule has 0 aliphatic rings. The van der Waals surface area contributed by atoms with Gasteiger partial charge in [-0.15, -0.1) is 0 Å². The summed E-state index contributed by atoms with van der Waals surface area (Å²) in [5, 5.41) is 6.89. The summed E-state index contributed by atoms with van der Waals surface area (Å²) in [5.74, 6) is -1.21. The van der Waals surface area contributed by atoms with E-state index in [1.54, 1.807) is 0 Å². The molecule has 0 bridgehead atoms. The maximum atomic E-state index is 14.4. The summed E-state index contributed by atoms with van der Waals surface area (Å²) in [6, 6.07) is 59.3. The van der Waals surface area contributed by atoms with Crippen LogP contribution in [-0.4, -0.2) is 13.7 Å². The van der Waals surface area contributed by atoms with Crippen molar-refractivity contribution in [2.75, 3.05) is 0 Å². The van der Waals surface area contributed by atoms with Crippen LogP contribution in [0.15, 0.2) is 176 Å². The van der Waals surface area contributed by atoms with Crippen molar-refractivity contribution in [3.63, 3.8) is 0 Å². The maximum Gasteiger partial charge on any atom is 0.128 e. The van der Waals surface area contributed by atoms with E-state index < -0.39 is 11.6 Å². The van der Waals surface area contributed by atoms with Gasteiger partial charge in [0.05, 0.1) is 38.8 Å². The van der Waals surface area contributed by atoms with Crippen molar-refractivity contribution in [2.45, 2.75) is 0 Å². The van der Waals surface area contributed by atoms with E-state index >= 15 is 0 Å². The van der Waals surface area contributed by atoms with Crippen molar-refractivity contribution in [2.24, 2.45) is 0 Å². The van der Waals surface area contributed by atoms with Crippen LogP contribution in [0.25, 0.3) is 93.6 Å². The fourth-order valence-electron chi connectivity index (χ4n) is 8.48. The number of hydrogen-bond donors (Lipinski definition) is 0. The lowest BCUT2D eigenvalue weighted by Crippen LogP contribution is -1.97. The quantitative estimate of drug-likeness (QED) is 0.175. The third-order valence-corrected chi connectivity index (χ3v) is 10.7. The lowest BCUT2D eigenvalue weighted by molar-refractivity contribution is 0.582. The molecule has 0 unspecified atom stereocenters. The van der Waals surface area contributed by atoms with Crippen LogP contribution < -0.4 is 0 Å². The van der Waals surface area contributed by atoms with E-state index in [1.807, 2.05) is 22.8 Å². The van der Waals surface area contributed by atoms with Gasteiger partial charge in [0.1, 0.15) is 11.6 Å². The molecule has 11 rings (SSSR count). The second kappa shape index (κ2) is 11.3. The third kappa shape index (κ3) is 4.44. The zero-order valence-electron chi connectivity index (χ0n) is 28.3. The Labute approximate surface area is 302 Å². The van der Waals surface area contributed by atoms with Gasteiger partial charge in [-0.2, -0.15) is 0 Å². The zero-order chi connectivity index (χ0) is 35.2. The minimum Gasteiger partial charge on any atom is -0.309 e. The van der Waals surface area contributed by atoms with E-state index in [9.17, 15) is 8.78 Å². The smallest absolute Gasteiger partial charge is 0.128 e. The van der Waals surface area contributed by atoms with E-state index in [-0.39, 0.29) is 0 Å². The Morgan fingerprint density at radius 2 is 0.585 bits per heavy atom. The van der Waals surface area contributed by atoms with E-state index in [2.05, 4.69) is 149 Å². The van der Waals surface area contributed by atoms with Gasteiger partial charge in [-0.1, -0.05) is 84.9 Å². The molecule has 0 aliphatic heterocycles. The third-order valence-electron chi connectivity index (χ3n) is 10.7. The van der Waals surface area contributed by atoms with E-state index in [1.165, 1.54) is 44.7 Å². The van der Waals surface area contributed by atoms with Crippen LogP contribution in [0.4, 0.5) is 8.78 Å². The number of benzene rings is 8. The summed E-state index contributed by atoms with van der Waals surface area (Å²) in [6.07, 6.45) is 0.